The topological polar surface area (TPSA) is 50.4 Å². The molecule has 2 rings (SSSR count). The number of nitrogens with one attached hydrogen (secondary N) is 2. The molecule has 1 aromatic carbocycles. The Bertz CT molecular complexity index is 404. The number of methoxy groups -OCH3 is 1. The molecule has 1 aliphatic rings. The third-order valence-corrected chi connectivity index (χ3v) is 2.71. The van der Waals surface area contributed by atoms with E-state index in [1.165, 1.54) is 0 Å². The average molecular weight is 220 g/mol. The van der Waals surface area contributed by atoms with Crippen molar-refractivity contribution >= 4 is 17.3 Å². The molecule has 0 bridgehead atoms. The molecule has 1 heterocycles. The monoisotopic (exact) mass is 220 g/mol. The number of rotatable bonds is 3. The zero-order chi connectivity index (χ0) is 11.5. The van der Waals surface area contributed by atoms with Gasteiger partial charge in [-0.2, -0.15) is 0 Å². The molecule has 0 saturated heterocycles. The van der Waals surface area contributed by atoms with Crippen LogP contribution < -0.4 is 15.4 Å². The van der Waals surface area contributed by atoms with E-state index in [0.29, 0.717) is 0 Å². The van der Waals surface area contributed by atoms with Crippen molar-refractivity contribution < 1.29 is 9.53 Å². The Morgan fingerprint density at radius 2 is 2.19 bits per heavy atom. The van der Waals surface area contributed by atoms with Gasteiger partial charge in [0.15, 0.2) is 0 Å². The van der Waals surface area contributed by atoms with E-state index >= 15 is 0 Å². The summed E-state index contributed by atoms with van der Waals surface area (Å²) in [4.78, 5) is 11.7. The molecule has 16 heavy (non-hydrogen) atoms. The van der Waals surface area contributed by atoms with Crippen molar-refractivity contribution in [2.24, 2.45) is 0 Å². The maximum atomic E-state index is 11.7. The molecule has 0 saturated carbocycles. The second-order valence-corrected chi connectivity index (χ2v) is 3.89. The molecule has 0 fully saturated rings. The van der Waals surface area contributed by atoms with Crippen molar-refractivity contribution in [2.45, 2.75) is 25.8 Å². The molecule has 0 radical (unpaired) electrons. The molecular formula is C12H16N2O2. The molecule has 1 aliphatic heterocycles. The number of hydrogen-bond acceptors (Lipinski definition) is 3. The van der Waals surface area contributed by atoms with Gasteiger partial charge in [-0.1, -0.05) is 13.3 Å². The summed E-state index contributed by atoms with van der Waals surface area (Å²) in [6.45, 7) is 2.07. The summed E-state index contributed by atoms with van der Waals surface area (Å²) < 4.78 is 5.11. The van der Waals surface area contributed by atoms with Gasteiger partial charge >= 0.3 is 0 Å². The van der Waals surface area contributed by atoms with Crippen LogP contribution in [0.25, 0.3) is 0 Å². The highest BCUT2D eigenvalue weighted by Gasteiger charge is 2.24. The first kappa shape index (κ1) is 10.8. The maximum absolute atomic E-state index is 11.7. The number of anilines is 2. The lowest BCUT2D eigenvalue weighted by molar-refractivity contribution is -0.117. The lowest BCUT2D eigenvalue weighted by Gasteiger charge is -2.26. The SMILES string of the molecule is CCCC1Nc2ccc(OC)cc2NC1=O. The molecule has 2 N–H and O–H groups in total. The number of fused-ring (bicyclic) bond motifs is 1. The van der Waals surface area contributed by atoms with Crippen LogP contribution in [-0.4, -0.2) is 19.1 Å². The molecule has 4 nitrogen and oxygen atoms in total. The Morgan fingerprint density at radius 3 is 2.88 bits per heavy atom. The Balaban J connectivity index is 2.24. The number of amides is 1. The minimum Gasteiger partial charge on any atom is -0.497 e. The van der Waals surface area contributed by atoms with Gasteiger partial charge in [-0.15, -0.1) is 0 Å². The summed E-state index contributed by atoms with van der Waals surface area (Å²) in [6.07, 6.45) is 1.83. The fourth-order valence-electron chi connectivity index (χ4n) is 1.84. The number of benzene rings is 1. The molecule has 0 spiro atoms. The van der Waals surface area contributed by atoms with Gasteiger partial charge in [0.25, 0.3) is 0 Å². The average Bonchev–Trinajstić information content (AvgIpc) is 2.30. The maximum Gasteiger partial charge on any atom is 0.246 e. The number of hydrogen-bond donors (Lipinski definition) is 2. The summed E-state index contributed by atoms with van der Waals surface area (Å²) in [5, 5.41) is 6.12. The van der Waals surface area contributed by atoms with Gasteiger partial charge < -0.3 is 15.4 Å². The van der Waals surface area contributed by atoms with Crippen molar-refractivity contribution in [3.05, 3.63) is 18.2 Å². The summed E-state index contributed by atoms with van der Waals surface area (Å²) in [6, 6.07) is 5.51. The predicted molar refractivity (Wildman–Crippen MR) is 63.9 cm³/mol. The van der Waals surface area contributed by atoms with Crippen molar-refractivity contribution in [1.82, 2.24) is 0 Å². The van der Waals surface area contributed by atoms with E-state index in [4.69, 9.17) is 4.74 Å². The molecule has 1 atom stereocenters. The first-order valence-electron chi connectivity index (χ1n) is 5.50. The van der Waals surface area contributed by atoms with E-state index < -0.39 is 0 Å². The Morgan fingerprint density at radius 1 is 1.38 bits per heavy atom. The van der Waals surface area contributed by atoms with Gasteiger partial charge in [-0.3, -0.25) is 4.79 Å². The second kappa shape index (κ2) is 4.43. The standard InChI is InChI=1S/C12H16N2O2/c1-3-4-10-12(15)14-11-7-8(16-2)5-6-9(11)13-10/h5-7,10,13H,3-4H2,1-2H3,(H,14,15). The van der Waals surface area contributed by atoms with Crippen LogP contribution in [0.5, 0.6) is 5.75 Å². The van der Waals surface area contributed by atoms with E-state index in [9.17, 15) is 4.79 Å². The van der Waals surface area contributed by atoms with Gasteiger partial charge in [-0.05, 0) is 18.6 Å². The van der Waals surface area contributed by atoms with E-state index in [1.807, 2.05) is 18.2 Å². The van der Waals surface area contributed by atoms with Crippen molar-refractivity contribution in [1.29, 1.82) is 0 Å². The van der Waals surface area contributed by atoms with Crippen LogP contribution in [0.4, 0.5) is 11.4 Å². The first-order valence-corrected chi connectivity index (χ1v) is 5.50. The summed E-state index contributed by atoms with van der Waals surface area (Å²) >= 11 is 0. The molecule has 86 valence electrons. The summed E-state index contributed by atoms with van der Waals surface area (Å²) in [7, 11) is 1.61. The fourth-order valence-corrected chi connectivity index (χ4v) is 1.84. The smallest absolute Gasteiger partial charge is 0.246 e. The Labute approximate surface area is 95.0 Å². The molecule has 4 heteroatoms. The van der Waals surface area contributed by atoms with Crippen LogP contribution in [0.15, 0.2) is 18.2 Å². The van der Waals surface area contributed by atoms with Crippen molar-refractivity contribution in [3.8, 4) is 5.75 Å². The number of carbonyl (C=O) groups is 1. The largest absolute Gasteiger partial charge is 0.497 e. The first-order chi connectivity index (χ1) is 7.74. The molecule has 1 unspecified atom stereocenters. The molecular weight excluding hydrogens is 204 g/mol. The van der Waals surface area contributed by atoms with Crippen LogP contribution in [-0.2, 0) is 4.79 Å². The normalized spacial score (nSPS) is 18.4. The zero-order valence-electron chi connectivity index (χ0n) is 9.54. The Hall–Kier alpha value is -1.71. The summed E-state index contributed by atoms with van der Waals surface area (Å²) in [5.74, 6) is 0.775. The van der Waals surface area contributed by atoms with Crippen molar-refractivity contribution in [2.75, 3.05) is 17.7 Å². The van der Waals surface area contributed by atoms with Gasteiger partial charge in [0.2, 0.25) is 5.91 Å². The second-order valence-electron chi connectivity index (χ2n) is 3.89. The molecule has 1 amide bonds. The van der Waals surface area contributed by atoms with Gasteiger partial charge in [0.05, 0.1) is 18.5 Å². The van der Waals surface area contributed by atoms with E-state index in [0.717, 1.165) is 30.0 Å². The molecule has 1 aromatic rings. The number of ether oxygens (including phenoxy) is 1. The van der Waals surface area contributed by atoms with Crippen LogP contribution in [0.1, 0.15) is 19.8 Å². The number of carbonyl (C=O) groups excluding carboxylic acids is 1. The van der Waals surface area contributed by atoms with Crippen LogP contribution >= 0.6 is 0 Å². The van der Waals surface area contributed by atoms with Crippen LogP contribution in [0.3, 0.4) is 0 Å². The van der Waals surface area contributed by atoms with E-state index in [1.54, 1.807) is 7.11 Å². The highest BCUT2D eigenvalue weighted by molar-refractivity contribution is 6.03. The van der Waals surface area contributed by atoms with Gasteiger partial charge in [0.1, 0.15) is 11.8 Å². The lowest BCUT2D eigenvalue weighted by Crippen LogP contribution is -2.38. The van der Waals surface area contributed by atoms with Crippen molar-refractivity contribution in [3.63, 3.8) is 0 Å². The summed E-state index contributed by atoms with van der Waals surface area (Å²) in [5.41, 5.74) is 1.75. The highest BCUT2D eigenvalue weighted by atomic mass is 16.5. The molecule has 0 aliphatic carbocycles. The zero-order valence-corrected chi connectivity index (χ0v) is 9.54. The fraction of sp³-hybridized carbons (Fsp3) is 0.417. The predicted octanol–water partition coefficient (Wildman–Crippen LogP) is 2.23. The van der Waals surface area contributed by atoms with E-state index in [2.05, 4.69) is 17.6 Å². The minimum absolute atomic E-state index is 0.0302. The highest BCUT2D eigenvalue weighted by Crippen LogP contribution is 2.31. The third-order valence-electron chi connectivity index (χ3n) is 2.71. The third kappa shape index (κ3) is 1.96. The quantitative estimate of drug-likeness (QED) is 0.821. The molecule has 0 aromatic heterocycles. The van der Waals surface area contributed by atoms with Gasteiger partial charge in [-0.25, -0.2) is 0 Å². The Kier molecular flexibility index (Phi) is 2.99. The minimum atomic E-state index is -0.120. The van der Waals surface area contributed by atoms with Crippen LogP contribution in [0.2, 0.25) is 0 Å². The van der Waals surface area contributed by atoms with Gasteiger partial charge in [0, 0.05) is 6.07 Å². The van der Waals surface area contributed by atoms with Crippen LogP contribution in [0, 0.1) is 0 Å². The lowest BCUT2D eigenvalue weighted by atomic mass is 10.1. The van der Waals surface area contributed by atoms with E-state index in [-0.39, 0.29) is 11.9 Å².